The van der Waals surface area contributed by atoms with Gasteiger partial charge in [-0.2, -0.15) is 0 Å². The van der Waals surface area contributed by atoms with Gasteiger partial charge in [0.2, 0.25) is 0 Å². The van der Waals surface area contributed by atoms with Crippen molar-refractivity contribution in [2.24, 2.45) is 0 Å². The Labute approximate surface area is 134 Å². The predicted octanol–water partition coefficient (Wildman–Crippen LogP) is 6.16. The van der Waals surface area contributed by atoms with Crippen LogP contribution >= 0.6 is 0 Å². The summed E-state index contributed by atoms with van der Waals surface area (Å²) in [5.41, 5.74) is 3.94. The van der Waals surface area contributed by atoms with Crippen LogP contribution in [-0.4, -0.2) is 12.5 Å². The Morgan fingerprint density at radius 3 is 2.14 bits per heavy atom. The van der Waals surface area contributed by atoms with Gasteiger partial charge in [0, 0.05) is 5.52 Å². The molecule has 1 heterocycles. The molecule has 0 fully saturated rings. The summed E-state index contributed by atoms with van der Waals surface area (Å²) < 4.78 is 2.55. The minimum atomic E-state index is -1.57. The second kappa shape index (κ2) is 5.13. The van der Waals surface area contributed by atoms with Gasteiger partial charge in [0.25, 0.3) is 0 Å². The van der Waals surface area contributed by atoms with E-state index in [-0.39, 0.29) is 0 Å². The van der Waals surface area contributed by atoms with Gasteiger partial charge >= 0.3 is 0 Å². The number of benzene rings is 2. The first kappa shape index (κ1) is 15.1. The third kappa shape index (κ3) is 2.42. The average molecular weight is 308 g/mol. The molecule has 2 heteroatoms. The molecule has 3 rings (SSSR count). The van der Waals surface area contributed by atoms with Gasteiger partial charge in [-0.15, -0.1) is 0 Å². The van der Waals surface area contributed by atoms with E-state index in [0.717, 1.165) is 0 Å². The molecular formula is C20H25NSi. The van der Waals surface area contributed by atoms with Gasteiger partial charge in [-0.05, 0) is 45.9 Å². The van der Waals surface area contributed by atoms with Gasteiger partial charge in [0.15, 0.2) is 8.24 Å². The lowest BCUT2D eigenvalue weighted by molar-refractivity contribution is 0.703. The van der Waals surface area contributed by atoms with Crippen LogP contribution in [0, 0.1) is 0 Å². The highest BCUT2D eigenvalue weighted by Gasteiger charge is 2.37. The number of hydrogen-bond acceptors (Lipinski definition) is 0. The summed E-state index contributed by atoms with van der Waals surface area (Å²) >= 11 is 0. The third-order valence-electron chi connectivity index (χ3n) is 5.24. The minimum absolute atomic E-state index is 0.330. The first-order valence-corrected chi connectivity index (χ1v) is 10.9. The van der Waals surface area contributed by atoms with Gasteiger partial charge in [0.05, 0.1) is 0 Å². The molecule has 3 aromatic rings. The molecule has 0 aliphatic heterocycles. The van der Waals surface area contributed by atoms with Crippen LogP contribution < -0.4 is 0 Å². The zero-order chi connectivity index (χ0) is 16.0. The number of nitrogens with zero attached hydrogens (tertiary/aromatic N) is 1. The fraction of sp³-hybridized carbons (Fsp3) is 0.300. The van der Waals surface area contributed by atoms with Crippen molar-refractivity contribution in [1.82, 2.24) is 4.23 Å². The second-order valence-electron chi connectivity index (χ2n) is 7.63. The average Bonchev–Trinajstić information content (AvgIpc) is 2.90. The third-order valence-corrected chi connectivity index (χ3v) is 10.5. The number of aromatic nitrogens is 1. The van der Waals surface area contributed by atoms with Crippen LogP contribution in [0.15, 0.2) is 60.8 Å². The molecule has 0 amide bonds. The number of hydrogen-bond donors (Lipinski definition) is 0. The second-order valence-corrected chi connectivity index (χ2v) is 12.7. The molecule has 0 aliphatic rings. The van der Waals surface area contributed by atoms with Crippen molar-refractivity contribution < 1.29 is 0 Å². The van der Waals surface area contributed by atoms with Gasteiger partial charge in [-0.3, -0.25) is 0 Å². The van der Waals surface area contributed by atoms with E-state index in [1.807, 2.05) is 0 Å². The summed E-state index contributed by atoms with van der Waals surface area (Å²) in [4.78, 5) is 0. The van der Waals surface area contributed by atoms with Crippen molar-refractivity contribution in [2.75, 3.05) is 0 Å². The van der Waals surface area contributed by atoms with Gasteiger partial charge in [-0.1, -0.05) is 70.3 Å². The van der Waals surface area contributed by atoms with Crippen molar-refractivity contribution in [1.29, 1.82) is 0 Å². The Bertz CT molecular complexity index is 791. The molecule has 0 saturated carbocycles. The van der Waals surface area contributed by atoms with Gasteiger partial charge in [0.1, 0.15) is 0 Å². The summed E-state index contributed by atoms with van der Waals surface area (Å²) in [6, 6.07) is 19.7. The highest BCUT2D eigenvalue weighted by molar-refractivity contribution is 6.79. The summed E-state index contributed by atoms with van der Waals surface area (Å²) in [6.45, 7) is 12.0. The zero-order valence-electron chi connectivity index (χ0n) is 14.2. The normalized spacial score (nSPS) is 12.8. The molecule has 22 heavy (non-hydrogen) atoms. The van der Waals surface area contributed by atoms with E-state index in [2.05, 4.69) is 98.9 Å². The minimum Gasteiger partial charge on any atom is -0.374 e. The van der Waals surface area contributed by atoms with Crippen molar-refractivity contribution in [2.45, 2.75) is 38.9 Å². The fourth-order valence-corrected chi connectivity index (χ4v) is 4.78. The van der Waals surface area contributed by atoms with Crippen LogP contribution in [0.25, 0.3) is 22.0 Å². The van der Waals surface area contributed by atoms with Crippen LogP contribution in [0.4, 0.5) is 0 Å². The van der Waals surface area contributed by atoms with E-state index in [0.29, 0.717) is 5.04 Å². The molecule has 2 aromatic carbocycles. The van der Waals surface area contributed by atoms with Crippen molar-refractivity contribution in [3.8, 4) is 11.1 Å². The summed E-state index contributed by atoms with van der Waals surface area (Å²) in [5.74, 6) is 0. The molecule has 0 spiro atoms. The van der Waals surface area contributed by atoms with Crippen LogP contribution in [0.2, 0.25) is 18.1 Å². The molecule has 1 nitrogen and oxygen atoms in total. The lowest BCUT2D eigenvalue weighted by Crippen LogP contribution is -2.44. The fourth-order valence-electron chi connectivity index (χ4n) is 2.80. The topological polar surface area (TPSA) is 4.93 Å². The molecule has 114 valence electrons. The Morgan fingerprint density at radius 1 is 0.818 bits per heavy atom. The van der Waals surface area contributed by atoms with E-state index in [1.165, 1.54) is 22.0 Å². The van der Waals surface area contributed by atoms with Crippen LogP contribution in [0.3, 0.4) is 0 Å². The SMILES string of the molecule is CC(C)(C)[Si](C)(C)n1ccc2cc(-c3ccccc3)ccc21. The number of fused-ring (bicyclic) bond motifs is 1. The first-order valence-electron chi connectivity index (χ1n) is 7.98. The Morgan fingerprint density at radius 2 is 1.50 bits per heavy atom. The molecule has 0 N–H and O–H groups in total. The van der Waals surface area contributed by atoms with Crippen LogP contribution in [0.1, 0.15) is 20.8 Å². The van der Waals surface area contributed by atoms with E-state index in [9.17, 15) is 0 Å². The highest BCUT2D eigenvalue weighted by atomic mass is 28.3. The molecular weight excluding hydrogens is 282 g/mol. The van der Waals surface area contributed by atoms with Crippen molar-refractivity contribution in [3.05, 3.63) is 60.8 Å². The number of rotatable bonds is 2. The Kier molecular flexibility index (Phi) is 3.52. The maximum Gasteiger partial charge on any atom is 0.161 e. The molecule has 1 aromatic heterocycles. The molecule has 0 unspecified atom stereocenters. The predicted molar refractivity (Wildman–Crippen MR) is 100.0 cm³/mol. The largest absolute Gasteiger partial charge is 0.374 e. The maximum atomic E-state index is 2.55. The lowest BCUT2D eigenvalue weighted by atomic mass is 10.0. The van der Waals surface area contributed by atoms with E-state index < -0.39 is 8.24 Å². The van der Waals surface area contributed by atoms with Gasteiger partial charge < -0.3 is 4.23 Å². The molecule has 0 aliphatic carbocycles. The quantitative estimate of drug-likeness (QED) is 0.499. The summed E-state index contributed by atoms with van der Waals surface area (Å²) in [6.07, 6.45) is 2.29. The van der Waals surface area contributed by atoms with E-state index >= 15 is 0 Å². The Balaban J connectivity index is 2.12. The highest BCUT2D eigenvalue weighted by Crippen LogP contribution is 2.39. The molecule has 0 saturated heterocycles. The molecule has 0 atom stereocenters. The maximum absolute atomic E-state index is 2.55. The molecule has 0 radical (unpaired) electrons. The lowest BCUT2D eigenvalue weighted by Gasteiger charge is -2.38. The monoisotopic (exact) mass is 307 g/mol. The zero-order valence-corrected chi connectivity index (χ0v) is 15.2. The van der Waals surface area contributed by atoms with Crippen molar-refractivity contribution >= 4 is 19.1 Å². The summed E-state index contributed by atoms with van der Waals surface area (Å²) in [7, 11) is -1.57. The smallest absolute Gasteiger partial charge is 0.161 e. The standard InChI is InChI=1S/C20H25NSi/c1-20(2,3)22(4,5)21-14-13-18-15-17(11-12-19(18)21)16-9-7-6-8-10-16/h6-15H,1-5H3. The first-order chi connectivity index (χ1) is 10.3. The Hall–Kier alpha value is -1.80. The van der Waals surface area contributed by atoms with E-state index in [4.69, 9.17) is 0 Å². The summed E-state index contributed by atoms with van der Waals surface area (Å²) in [5, 5.41) is 1.67. The van der Waals surface area contributed by atoms with E-state index in [1.54, 1.807) is 0 Å². The van der Waals surface area contributed by atoms with Crippen LogP contribution in [0.5, 0.6) is 0 Å². The molecule has 0 bridgehead atoms. The van der Waals surface area contributed by atoms with Crippen molar-refractivity contribution in [3.63, 3.8) is 0 Å². The van der Waals surface area contributed by atoms with Crippen LogP contribution in [-0.2, 0) is 0 Å². The van der Waals surface area contributed by atoms with Gasteiger partial charge in [-0.25, -0.2) is 0 Å².